The van der Waals surface area contributed by atoms with Gasteiger partial charge in [0, 0.05) is 11.6 Å². The molecule has 1 aliphatic rings. The van der Waals surface area contributed by atoms with Crippen molar-refractivity contribution in [2.45, 2.75) is 77.8 Å². The fourth-order valence-corrected chi connectivity index (χ4v) is 2.63. The molecule has 0 radical (unpaired) electrons. The summed E-state index contributed by atoms with van der Waals surface area (Å²) in [5, 5.41) is 6.38. The van der Waals surface area contributed by atoms with Crippen molar-refractivity contribution in [2.75, 3.05) is 6.54 Å². The van der Waals surface area contributed by atoms with Gasteiger partial charge in [-0.2, -0.15) is 0 Å². The Kier molecular flexibility index (Phi) is 6.13. The molecule has 1 fully saturated rings. The maximum absolute atomic E-state index is 11.8. The highest BCUT2D eigenvalue weighted by Crippen LogP contribution is 2.27. The van der Waals surface area contributed by atoms with E-state index in [2.05, 4.69) is 38.3 Å². The molecule has 1 saturated carbocycles. The van der Waals surface area contributed by atoms with E-state index >= 15 is 0 Å². The van der Waals surface area contributed by atoms with Crippen molar-refractivity contribution in [3.05, 3.63) is 0 Å². The van der Waals surface area contributed by atoms with Gasteiger partial charge < -0.3 is 10.6 Å². The molecule has 0 aromatic heterocycles. The van der Waals surface area contributed by atoms with Crippen LogP contribution in [0, 0.1) is 5.92 Å². The van der Waals surface area contributed by atoms with Crippen molar-refractivity contribution in [2.24, 2.45) is 5.92 Å². The summed E-state index contributed by atoms with van der Waals surface area (Å²) in [6.45, 7) is 8.92. The van der Waals surface area contributed by atoms with Gasteiger partial charge in [-0.15, -0.1) is 0 Å². The average molecular weight is 254 g/mol. The first-order chi connectivity index (χ1) is 8.40. The maximum Gasteiger partial charge on any atom is 0.234 e. The molecule has 0 saturated heterocycles. The lowest BCUT2D eigenvalue weighted by Gasteiger charge is -2.29. The monoisotopic (exact) mass is 254 g/mol. The number of carbonyl (C=O) groups is 1. The molecule has 0 unspecified atom stereocenters. The van der Waals surface area contributed by atoms with E-state index in [9.17, 15) is 4.79 Å². The Bertz CT molecular complexity index is 250. The number of carbonyl (C=O) groups excluding carboxylic acids is 1. The van der Waals surface area contributed by atoms with Crippen molar-refractivity contribution in [3.8, 4) is 0 Å². The van der Waals surface area contributed by atoms with E-state index in [1.165, 1.54) is 25.7 Å². The Morgan fingerprint density at radius 3 is 2.28 bits per heavy atom. The normalized spacial score (nSPS) is 24.9. The van der Waals surface area contributed by atoms with Crippen LogP contribution in [0.15, 0.2) is 0 Å². The fraction of sp³-hybridized carbons (Fsp3) is 0.933. The van der Waals surface area contributed by atoms with Gasteiger partial charge >= 0.3 is 0 Å². The summed E-state index contributed by atoms with van der Waals surface area (Å²) in [6.07, 6.45) is 7.53. The Balaban J connectivity index is 2.18. The van der Waals surface area contributed by atoms with Crippen LogP contribution in [0.5, 0.6) is 0 Å². The molecule has 0 atom stereocenters. The molecule has 0 aliphatic heterocycles. The first-order valence-electron chi connectivity index (χ1n) is 7.45. The lowest BCUT2D eigenvalue weighted by atomic mass is 9.83. The summed E-state index contributed by atoms with van der Waals surface area (Å²) < 4.78 is 0. The van der Waals surface area contributed by atoms with Crippen molar-refractivity contribution in [1.82, 2.24) is 10.6 Å². The Hall–Kier alpha value is -0.570. The van der Waals surface area contributed by atoms with E-state index in [1.54, 1.807) is 0 Å². The van der Waals surface area contributed by atoms with Gasteiger partial charge in [-0.25, -0.2) is 0 Å². The number of hydrogen-bond acceptors (Lipinski definition) is 2. The standard InChI is InChI=1S/C15H30N2O/c1-5-6-12-7-9-13(10-8-12)17-14(18)11-16-15(2,3)4/h12-13,16H,5-11H2,1-4H3,(H,17,18). The SMILES string of the molecule is CCCC1CCC(NC(=O)CNC(C)(C)C)CC1. The van der Waals surface area contributed by atoms with Gasteiger partial charge in [0.1, 0.15) is 0 Å². The second kappa shape index (κ2) is 7.13. The summed E-state index contributed by atoms with van der Waals surface area (Å²) in [6, 6.07) is 0.410. The van der Waals surface area contributed by atoms with E-state index < -0.39 is 0 Å². The second-order valence-electron chi connectivity index (χ2n) is 6.68. The zero-order chi connectivity index (χ0) is 13.6. The highest BCUT2D eigenvalue weighted by atomic mass is 16.2. The Morgan fingerprint density at radius 2 is 1.78 bits per heavy atom. The summed E-state index contributed by atoms with van der Waals surface area (Å²) in [4.78, 5) is 11.8. The third-order valence-electron chi connectivity index (χ3n) is 3.69. The summed E-state index contributed by atoms with van der Waals surface area (Å²) in [5.74, 6) is 1.04. The van der Waals surface area contributed by atoms with Gasteiger partial charge in [-0.1, -0.05) is 19.8 Å². The fourth-order valence-electron chi connectivity index (χ4n) is 2.63. The van der Waals surface area contributed by atoms with Crippen LogP contribution < -0.4 is 10.6 Å². The minimum absolute atomic E-state index is 0.0100. The van der Waals surface area contributed by atoms with Gasteiger partial charge in [0.15, 0.2) is 0 Å². The minimum atomic E-state index is 0.0100. The molecule has 0 spiro atoms. The zero-order valence-corrected chi connectivity index (χ0v) is 12.5. The van der Waals surface area contributed by atoms with E-state index in [1.807, 2.05) is 0 Å². The molecule has 0 aromatic carbocycles. The molecule has 0 bridgehead atoms. The predicted molar refractivity (Wildman–Crippen MR) is 76.6 cm³/mol. The molecule has 106 valence electrons. The van der Waals surface area contributed by atoms with Crippen LogP contribution in [0.2, 0.25) is 0 Å². The molecule has 3 heteroatoms. The molecule has 0 heterocycles. The number of rotatable bonds is 5. The van der Waals surface area contributed by atoms with Crippen LogP contribution in [-0.2, 0) is 4.79 Å². The van der Waals surface area contributed by atoms with E-state index in [-0.39, 0.29) is 11.4 Å². The Morgan fingerprint density at radius 1 is 1.17 bits per heavy atom. The van der Waals surface area contributed by atoms with E-state index in [0.717, 1.165) is 18.8 Å². The highest BCUT2D eigenvalue weighted by Gasteiger charge is 2.22. The van der Waals surface area contributed by atoms with Crippen LogP contribution in [0.4, 0.5) is 0 Å². The molecular weight excluding hydrogens is 224 g/mol. The first kappa shape index (κ1) is 15.5. The van der Waals surface area contributed by atoms with Crippen molar-refractivity contribution in [3.63, 3.8) is 0 Å². The zero-order valence-electron chi connectivity index (χ0n) is 12.5. The van der Waals surface area contributed by atoms with Gasteiger partial charge in [0.2, 0.25) is 5.91 Å². The largest absolute Gasteiger partial charge is 0.352 e. The van der Waals surface area contributed by atoms with Gasteiger partial charge in [0.05, 0.1) is 6.54 Å². The van der Waals surface area contributed by atoms with Crippen LogP contribution >= 0.6 is 0 Å². The number of amides is 1. The summed E-state index contributed by atoms with van der Waals surface area (Å²) >= 11 is 0. The molecule has 1 amide bonds. The molecule has 0 aromatic rings. The van der Waals surface area contributed by atoms with Crippen LogP contribution in [0.25, 0.3) is 0 Å². The predicted octanol–water partition coefficient (Wildman–Crippen LogP) is 2.85. The Labute approximate surface area is 112 Å². The number of nitrogens with one attached hydrogen (secondary N) is 2. The molecule has 3 nitrogen and oxygen atoms in total. The third-order valence-corrected chi connectivity index (χ3v) is 3.69. The molecular formula is C15H30N2O. The summed E-state index contributed by atoms with van der Waals surface area (Å²) in [5.41, 5.74) is 0.0100. The lowest BCUT2D eigenvalue weighted by molar-refractivity contribution is -0.121. The number of hydrogen-bond donors (Lipinski definition) is 2. The van der Waals surface area contributed by atoms with Crippen molar-refractivity contribution < 1.29 is 4.79 Å². The van der Waals surface area contributed by atoms with E-state index in [4.69, 9.17) is 0 Å². The second-order valence-corrected chi connectivity index (χ2v) is 6.68. The van der Waals surface area contributed by atoms with Crippen molar-refractivity contribution >= 4 is 5.91 Å². The van der Waals surface area contributed by atoms with Crippen LogP contribution in [0.1, 0.15) is 66.2 Å². The minimum Gasteiger partial charge on any atom is -0.352 e. The lowest BCUT2D eigenvalue weighted by Crippen LogP contribution is -2.46. The topological polar surface area (TPSA) is 41.1 Å². The molecule has 1 aliphatic carbocycles. The average Bonchev–Trinajstić information content (AvgIpc) is 2.29. The van der Waals surface area contributed by atoms with Gasteiger partial charge in [-0.3, -0.25) is 4.79 Å². The molecule has 18 heavy (non-hydrogen) atoms. The molecule has 2 N–H and O–H groups in total. The van der Waals surface area contributed by atoms with E-state index in [0.29, 0.717) is 12.6 Å². The van der Waals surface area contributed by atoms with Gasteiger partial charge in [-0.05, 0) is 52.4 Å². The van der Waals surface area contributed by atoms with Crippen molar-refractivity contribution in [1.29, 1.82) is 0 Å². The van der Waals surface area contributed by atoms with Crippen LogP contribution in [0.3, 0.4) is 0 Å². The van der Waals surface area contributed by atoms with Gasteiger partial charge in [0.25, 0.3) is 0 Å². The quantitative estimate of drug-likeness (QED) is 0.792. The molecule has 1 rings (SSSR count). The smallest absolute Gasteiger partial charge is 0.234 e. The third kappa shape index (κ3) is 6.39. The first-order valence-corrected chi connectivity index (χ1v) is 7.45. The highest BCUT2D eigenvalue weighted by molar-refractivity contribution is 5.78. The summed E-state index contributed by atoms with van der Waals surface area (Å²) in [7, 11) is 0. The van der Waals surface area contributed by atoms with Crippen LogP contribution in [-0.4, -0.2) is 24.0 Å². The maximum atomic E-state index is 11.8.